The first kappa shape index (κ1) is 18.7. The minimum absolute atomic E-state index is 0.0871. The van der Waals surface area contributed by atoms with Crippen LogP contribution < -0.4 is 5.32 Å². The number of fused-ring (bicyclic) bond motifs is 1. The third kappa shape index (κ3) is 3.79. The molecule has 0 bridgehead atoms. The normalized spacial score (nSPS) is 22.0. The first-order chi connectivity index (χ1) is 13.6. The van der Waals surface area contributed by atoms with Crippen LogP contribution in [0, 0.1) is 5.92 Å². The fourth-order valence-electron chi connectivity index (χ4n) is 4.22. The average molecular weight is 381 g/mol. The van der Waals surface area contributed by atoms with Crippen molar-refractivity contribution in [1.82, 2.24) is 25.0 Å². The summed E-state index contributed by atoms with van der Waals surface area (Å²) in [6.07, 6.45) is 9.66. The number of nitrogens with zero attached hydrogens (tertiary/aromatic N) is 4. The fourth-order valence-corrected chi connectivity index (χ4v) is 4.22. The number of likely N-dealkylation sites (tertiary alicyclic amines) is 1. The van der Waals surface area contributed by atoms with Crippen LogP contribution in [0.2, 0.25) is 0 Å². The molecule has 1 saturated heterocycles. The van der Waals surface area contributed by atoms with Crippen molar-refractivity contribution in [3.63, 3.8) is 0 Å². The number of allylic oxidation sites excluding steroid dienone is 2. The number of carbonyl (C=O) groups excluding carboxylic acids is 2. The zero-order valence-corrected chi connectivity index (χ0v) is 16.3. The summed E-state index contributed by atoms with van der Waals surface area (Å²) in [5.74, 6) is 0.566. The van der Waals surface area contributed by atoms with Crippen LogP contribution in [0.5, 0.6) is 0 Å². The molecule has 1 aliphatic carbocycles. The first-order valence-electron chi connectivity index (χ1n) is 10.1. The predicted octanol–water partition coefficient (Wildman–Crippen LogP) is 2.24. The van der Waals surface area contributed by atoms with Gasteiger partial charge in [0.05, 0.1) is 12.2 Å². The maximum Gasteiger partial charge on any atom is 0.223 e. The highest BCUT2D eigenvalue weighted by molar-refractivity contribution is 5.80. The van der Waals surface area contributed by atoms with E-state index < -0.39 is 0 Å². The van der Waals surface area contributed by atoms with E-state index in [9.17, 15) is 9.59 Å². The molecule has 7 heteroatoms. The Labute approximate surface area is 164 Å². The van der Waals surface area contributed by atoms with Gasteiger partial charge in [0.1, 0.15) is 0 Å². The fraction of sp³-hybridized carbons (Fsp3) is 0.524. The monoisotopic (exact) mass is 381 g/mol. The van der Waals surface area contributed by atoms with Gasteiger partial charge in [-0.25, -0.2) is 9.67 Å². The Hall–Kier alpha value is -2.70. The van der Waals surface area contributed by atoms with E-state index in [2.05, 4.69) is 22.5 Å². The van der Waals surface area contributed by atoms with Gasteiger partial charge in [0.25, 0.3) is 0 Å². The van der Waals surface area contributed by atoms with Gasteiger partial charge >= 0.3 is 0 Å². The topological polar surface area (TPSA) is 80.1 Å². The molecule has 0 aromatic carbocycles. The zero-order chi connectivity index (χ0) is 19.5. The summed E-state index contributed by atoms with van der Waals surface area (Å²) in [6.45, 7) is 4.23. The van der Waals surface area contributed by atoms with Crippen LogP contribution >= 0.6 is 0 Å². The van der Waals surface area contributed by atoms with Crippen molar-refractivity contribution in [2.45, 2.75) is 45.1 Å². The lowest BCUT2D eigenvalue weighted by Crippen LogP contribution is -2.33. The Morgan fingerprint density at radius 1 is 1.29 bits per heavy atom. The van der Waals surface area contributed by atoms with Crippen LogP contribution in [-0.4, -0.2) is 51.1 Å². The smallest absolute Gasteiger partial charge is 0.223 e. The average Bonchev–Trinajstić information content (AvgIpc) is 3.34. The van der Waals surface area contributed by atoms with E-state index in [1.165, 1.54) is 0 Å². The van der Waals surface area contributed by atoms with E-state index in [0.29, 0.717) is 19.6 Å². The number of amides is 2. The Morgan fingerprint density at radius 2 is 2.18 bits per heavy atom. The van der Waals surface area contributed by atoms with Gasteiger partial charge in [-0.15, -0.1) is 0 Å². The zero-order valence-electron chi connectivity index (χ0n) is 16.3. The second kappa shape index (κ2) is 8.12. The summed E-state index contributed by atoms with van der Waals surface area (Å²) in [5, 5.41) is 8.92. The van der Waals surface area contributed by atoms with Gasteiger partial charge in [-0.1, -0.05) is 12.2 Å². The van der Waals surface area contributed by atoms with E-state index >= 15 is 0 Å². The maximum atomic E-state index is 12.3. The number of carbonyl (C=O) groups is 2. The van der Waals surface area contributed by atoms with E-state index in [1.54, 1.807) is 13.1 Å². The number of rotatable bonds is 5. The Morgan fingerprint density at radius 3 is 2.93 bits per heavy atom. The van der Waals surface area contributed by atoms with Crippen molar-refractivity contribution >= 4 is 22.8 Å². The lowest BCUT2D eigenvalue weighted by Gasteiger charge is -2.17. The second-order valence-corrected chi connectivity index (χ2v) is 7.71. The molecule has 1 fully saturated rings. The molecule has 2 aromatic rings. The van der Waals surface area contributed by atoms with E-state index in [4.69, 9.17) is 5.10 Å². The molecule has 2 amide bonds. The van der Waals surface area contributed by atoms with Crippen LogP contribution in [0.3, 0.4) is 0 Å². The summed E-state index contributed by atoms with van der Waals surface area (Å²) in [7, 11) is 0. The van der Waals surface area contributed by atoms with Crippen molar-refractivity contribution < 1.29 is 9.59 Å². The Balaban J connectivity index is 1.45. The highest BCUT2D eigenvalue weighted by Gasteiger charge is 2.29. The Kier molecular flexibility index (Phi) is 5.41. The van der Waals surface area contributed by atoms with Gasteiger partial charge in [-0.3, -0.25) is 9.59 Å². The number of hydrogen-bond acceptors (Lipinski definition) is 4. The maximum absolute atomic E-state index is 12.3. The molecule has 4 rings (SSSR count). The van der Waals surface area contributed by atoms with Crippen LogP contribution in [-0.2, 0) is 16.1 Å². The van der Waals surface area contributed by atoms with Gasteiger partial charge in [0.15, 0.2) is 5.65 Å². The van der Waals surface area contributed by atoms with Crippen molar-refractivity contribution in [2.24, 2.45) is 5.92 Å². The van der Waals surface area contributed by atoms with Crippen LogP contribution in [0.15, 0.2) is 30.5 Å². The molecule has 0 spiro atoms. The molecule has 1 N–H and O–H groups in total. The minimum atomic E-state index is 0.0871. The van der Waals surface area contributed by atoms with Crippen LogP contribution in [0.1, 0.15) is 44.2 Å². The Bertz CT molecular complexity index is 903. The molecule has 1 aliphatic heterocycles. The summed E-state index contributed by atoms with van der Waals surface area (Å²) < 4.78 is 1.89. The molecule has 3 heterocycles. The molecular formula is C21H27N5O2. The lowest BCUT2D eigenvalue weighted by atomic mass is 9.94. The minimum Gasteiger partial charge on any atom is -0.354 e. The molecule has 2 aliphatic rings. The highest BCUT2D eigenvalue weighted by atomic mass is 16.2. The van der Waals surface area contributed by atoms with Gasteiger partial charge in [-0.05, 0) is 37.8 Å². The molecule has 0 saturated carbocycles. The number of pyridine rings is 1. The van der Waals surface area contributed by atoms with Crippen LogP contribution in [0.25, 0.3) is 11.0 Å². The van der Waals surface area contributed by atoms with Gasteiger partial charge in [0, 0.05) is 50.0 Å². The van der Waals surface area contributed by atoms with Crippen molar-refractivity contribution in [3.05, 3.63) is 36.2 Å². The number of hydrogen-bond donors (Lipinski definition) is 1. The van der Waals surface area contributed by atoms with Gasteiger partial charge in [0.2, 0.25) is 11.8 Å². The number of aromatic nitrogens is 3. The third-order valence-corrected chi connectivity index (χ3v) is 5.82. The standard InChI is InChI=1S/C21H27N5O2/c1-15(27)25-12-9-17(14-25)19-18-8-5-10-22-20(18)26(24-19)13-11-23-21(28)16-6-3-2-4-7-16/h2-3,5,8,10,16-17H,4,6-7,9,11-14H2,1H3,(H,23,28). The third-order valence-electron chi connectivity index (χ3n) is 5.82. The highest BCUT2D eigenvalue weighted by Crippen LogP contribution is 2.31. The van der Waals surface area contributed by atoms with Crippen molar-refractivity contribution in [1.29, 1.82) is 0 Å². The molecule has 148 valence electrons. The molecule has 7 nitrogen and oxygen atoms in total. The predicted molar refractivity (Wildman–Crippen MR) is 107 cm³/mol. The summed E-state index contributed by atoms with van der Waals surface area (Å²) in [6, 6.07) is 3.97. The molecule has 2 unspecified atom stereocenters. The van der Waals surface area contributed by atoms with Gasteiger partial charge < -0.3 is 10.2 Å². The SMILES string of the molecule is CC(=O)N1CCC(c2nn(CCNC(=O)C3CC=CCC3)c3ncccc23)C1. The first-order valence-corrected chi connectivity index (χ1v) is 10.1. The lowest BCUT2D eigenvalue weighted by molar-refractivity contribution is -0.128. The van der Waals surface area contributed by atoms with Crippen molar-refractivity contribution in [3.8, 4) is 0 Å². The van der Waals surface area contributed by atoms with E-state index in [-0.39, 0.29) is 23.7 Å². The summed E-state index contributed by atoms with van der Waals surface area (Å²) >= 11 is 0. The van der Waals surface area contributed by atoms with E-state index in [1.807, 2.05) is 21.7 Å². The molecule has 0 radical (unpaired) electrons. The van der Waals surface area contributed by atoms with Gasteiger partial charge in [-0.2, -0.15) is 5.10 Å². The number of nitrogens with one attached hydrogen (secondary N) is 1. The molecule has 2 aromatic heterocycles. The van der Waals surface area contributed by atoms with Crippen LogP contribution in [0.4, 0.5) is 0 Å². The van der Waals surface area contributed by atoms with E-state index in [0.717, 1.165) is 49.0 Å². The largest absolute Gasteiger partial charge is 0.354 e. The summed E-state index contributed by atoms with van der Waals surface area (Å²) in [5.41, 5.74) is 1.85. The molecule has 2 atom stereocenters. The summed E-state index contributed by atoms with van der Waals surface area (Å²) in [4.78, 5) is 30.4. The quantitative estimate of drug-likeness (QED) is 0.806. The second-order valence-electron chi connectivity index (χ2n) is 7.71. The molecular weight excluding hydrogens is 354 g/mol. The molecule has 28 heavy (non-hydrogen) atoms. The van der Waals surface area contributed by atoms with Crippen molar-refractivity contribution in [2.75, 3.05) is 19.6 Å².